The second kappa shape index (κ2) is 12.6. The summed E-state index contributed by atoms with van der Waals surface area (Å²) in [5.74, 6) is 1.12. The number of amides is 2. The molecule has 2 aromatic heterocycles. The number of ether oxygens (including phenoxy) is 2. The summed E-state index contributed by atoms with van der Waals surface area (Å²) in [5, 5.41) is 5.86. The normalized spacial score (nSPS) is 18.5. The van der Waals surface area contributed by atoms with Crippen LogP contribution in [0.1, 0.15) is 24.6 Å². The minimum atomic E-state index is -0.568. The predicted molar refractivity (Wildman–Crippen MR) is 156 cm³/mol. The van der Waals surface area contributed by atoms with Gasteiger partial charge in [0.1, 0.15) is 0 Å². The molecule has 218 valence electrons. The molecule has 5 heterocycles. The van der Waals surface area contributed by atoms with E-state index in [1.165, 1.54) is 0 Å². The number of benzene rings is 1. The highest BCUT2D eigenvalue weighted by Crippen LogP contribution is 2.36. The molecule has 2 N–H and O–H groups in total. The smallest absolute Gasteiger partial charge is 0.413 e. The molecule has 3 aliphatic heterocycles. The fourth-order valence-electron chi connectivity index (χ4n) is 5.44. The Morgan fingerprint density at radius 3 is 2.64 bits per heavy atom. The van der Waals surface area contributed by atoms with E-state index in [-0.39, 0.29) is 18.4 Å². The number of anilines is 1. The fraction of sp³-hybridized carbons (Fsp3) is 0.400. The number of guanidine groups is 1. The molecule has 0 saturated carbocycles. The largest absolute Gasteiger partial charge is 0.450 e. The van der Waals surface area contributed by atoms with E-state index < -0.39 is 6.09 Å². The molecule has 12 heteroatoms. The molecule has 3 aliphatic rings. The average molecular weight is 571 g/mol. The standard InChI is InChI=1S/C30H34N8O4/c1-2-42-30(40)36-29-34-17-23-14-22(15-25(26(23)35-29)27-31-7-3-8-32-27)20-4-5-24(33-16-20)18-37-9-11-38(12-10-37)28(39)21-6-13-41-19-21/h3-5,7-8,14-16,21H,2,6,9-13,17-19H2,1H3,(H2,34,35,36,40). The summed E-state index contributed by atoms with van der Waals surface area (Å²) >= 11 is 0. The topological polar surface area (TPSA) is 134 Å². The highest BCUT2D eigenvalue weighted by molar-refractivity contribution is 6.06. The van der Waals surface area contributed by atoms with Gasteiger partial charge in [-0.25, -0.2) is 19.8 Å². The number of hydrogen-bond acceptors (Lipinski definition) is 10. The van der Waals surface area contributed by atoms with E-state index in [1.54, 1.807) is 25.4 Å². The van der Waals surface area contributed by atoms with Crippen LogP contribution in [0.3, 0.4) is 0 Å². The first kappa shape index (κ1) is 27.7. The van der Waals surface area contributed by atoms with Gasteiger partial charge >= 0.3 is 6.09 Å². The fourth-order valence-corrected chi connectivity index (χ4v) is 5.44. The molecule has 42 heavy (non-hydrogen) atoms. The molecular formula is C30H34N8O4. The number of aliphatic imine (C=N–C) groups is 1. The molecule has 0 radical (unpaired) electrons. The minimum absolute atomic E-state index is 0.0224. The lowest BCUT2D eigenvalue weighted by Gasteiger charge is -2.35. The van der Waals surface area contributed by atoms with Crippen molar-refractivity contribution in [3.8, 4) is 22.5 Å². The Morgan fingerprint density at radius 1 is 1.10 bits per heavy atom. The Morgan fingerprint density at radius 2 is 1.93 bits per heavy atom. The van der Waals surface area contributed by atoms with Crippen molar-refractivity contribution < 1.29 is 19.1 Å². The summed E-state index contributed by atoms with van der Waals surface area (Å²) in [5.41, 5.74) is 5.44. The van der Waals surface area contributed by atoms with E-state index >= 15 is 0 Å². The van der Waals surface area contributed by atoms with Gasteiger partial charge in [-0.3, -0.25) is 20.0 Å². The maximum atomic E-state index is 12.7. The van der Waals surface area contributed by atoms with Crippen LogP contribution in [0, 0.1) is 5.92 Å². The molecule has 1 atom stereocenters. The van der Waals surface area contributed by atoms with Crippen molar-refractivity contribution in [2.75, 3.05) is 51.3 Å². The molecule has 1 aromatic carbocycles. The van der Waals surface area contributed by atoms with Crippen LogP contribution in [0.2, 0.25) is 0 Å². The monoisotopic (exact) mass is 570 g/mol. The number of carbonyl (C=O) groups is 2. The van der Waals surface area contributed by atoms with Gasteiger partial charge in [0.15, 0.2) is 5.82 Å². The zero-order valence-electron chi connectivity index (χ0n) is 23.6. The van der Waals surface area contributed by atoms with E-state index in [9.17, 15) is 9.59 Å². The number of alkyl carbamates (subject to hydrolysis) is 1. The number of fused-ring (bicyclic) bond motifs is 1. The Kier molecular flexibility index (Phi) is 8.33. The number of pyridine rings is 1. The highest BCUT2D eigenvalue weighted by Gasteiger charge is 2.30. The van der Waals surface area contributed by atoms with E-state index in [1.807, 2.05) is 17.2 Å². The molecule has 1 unspecified atom stereocenters. The van der Waals surface area contributed by atoms with Crippen LogP contribution in [-0.2, 0) is 27.4 Å². The van der Waals surface area contributed by atoms with Crippen molar-refractivity contribution in [1.29, 1.82) is 0 Å². The van der Waals surface area contributed by atoms with Crippen LogP contribution in [0.15, 0.2) is 53.9 Å². The third kappa shape index (κ3) is 6.24. The number of hydrogen-bond donors (Lipinski definition) is 2. The molecular weight excluding hydrogens is 536 g/mol. The van der Waals surface area contributed by atoms with E-state index in [4.69, 9.17) is 14.5 Å². The maximum absolute atomic E-state index is 12.7. The summed E-state index contributed by atoms with van der Waals surface area (Å²) in [6, 6.07) is 10.00. The summed E-state index contributed by atoms with van der Waals surface area (Å²) in [6.45, 7) is 7.48. The number of rotatable bonds is 6. The molecule has 6 rings (SSSR count). The van der Waals surface area contributed by atoms with Crippen molar-refractivity contribution in [1.82, 2.24) is 30.1 Å². The van der Waals surface area contributed by atoms with E-state index in [0.29, 0.717) is 31.5 Å². The van der Waals surface area contributed by atoms with Crippen molar-refractivity contribution >= 4 is 23.6 Å². The van der Waals surface area contributed by atoms with Gasteiger partial charge in [0, 0.05) is 69.0 Å². The molecule has 3 aromatic rings. The first-order valence-corrected chi connectivity index (χ1v) is 14.3. The molecule has 2 fully saturated rings. The van der Waals surface area contributed by atoms with Crippen molar-refractivity contribution in [3.05, 3.63) is 60.2 Å². The molecule has 2 amide bonds. The van der Waals surface area contributed by atoms with E-state index in [2.05, 4.69) is 48.7 Å². The van der Waals surface area contributed by atoms with Gasteiger partial charge in [-0.15, -0.1) is 0 Å². The molecule has 2 saturated heterocycles. The number of aromatic nitrogens is 3. The Bertz CT molecular complexity index is 1450. The van der Waals surface area contributed by atoms with Crippen LogP contribution >= 0.6 is 0 Å². The van der Waals surface area contributed by atoms with Crippen molar-refractivity contribution in [3.63, 3.8) is 0 Å². The average Bonchev–Trinajstić information content (AvgIpc) is 3.57. The summed E-state index contributed by atoms with van der Waals surface area (Å²) in [7, 11) is 0. The first-order valence-electron chi connectivity index (χ1n) is 14.3. The Labute approximate surface area is 244 Å². The Hall–Kier alpha value is -4.42. The predicted octanol–water partition coefficient (Wildman–Crippen LogP) is 2.91. The highest BCUT2D eigenvalue weighted by atomic mass is 16.5. The summed E-state index contributed by atoms with van der Waals surface area (Å²) < 4.78 is 10.4. The van der Waals surface area contributed by atoms with Gasteiger partial charge in [-0.1, -0.05) is 6.07 Å². The van der Waals surface area contributed by atoms with Gasteiger partial charge < -0.3 is 19.7 Å². The third-order valence-electron chi connectivity index (χ3n) is 7.68. The van der Waals surface area contributed by atoms with Crippen molar-refractivity contribution in [2.24, 2.45) is 10.9 Å². The lowest BCUT2D eigenvalue weighted by atomic mass is 9.97. The maximum Gasteiger partial charge on any atom is 0.413 e. The van der Waals surface area contributed by atoms with Gasteiger partial charge in [-0.05, 0) is 48.7 Å². The third-order valence-corrected chi connectivity index (χ3v) is 7.68. The number of piperazine rings is 1. The van der Waals surface area contributed by atoms with Crippen LogP contribution in [0.4, 0.5) is 10.5 Å². The summed E-state index contributed by atoms with van der Waals surface area (Å²) in [4.78, 5) is 47.2. The first-order chi connectivity index (χ1) is 20.6. The Balaban J connectivity index is 1.15. The van der Waals surface area contributed by atoms with Gasteiger partial charge in [0.05, 0.1) is 37.1 Å². The molecule has 12 nitrogen and oxygen atoms in total. The minimum Gasteiger partial charge on any atom is -0.450 e. The SMILES string of the molecule is CCOC(=O)NC1=NCc2cc(-c3ccc(CN4CCN(C(=O)C5CCOC5)CC4)nc3)cc(-c3ncccn3)c2N1. The van der Waals surface area contributed by atoms with Gasteiger partial charge in [0.2, 0.25) is 11.9 Å². The molecule has 0 aliphatic carbocycles. The van der Waals surface area contributed by atoms with Gasteiger partial charge in [0.25, 0.3) is 0 Å². The molecule has 0 spiro atoms. The van der Waals surface area contributed by atoms with Crippen LogP contribution < -0.4 is 10.6 Å². The van der Waals surface area contributed by atoms with Crippen LogP contribution in [-0.4, -0.2) is 88.7 Å². The van der Waals surface area contributed by atoms with Crippen molar-refractivity contribution in [2.45, 2.75) is 26.4 Å². The van der Waals surface area contributed by atoms with Crippen LogP contribution in [0.5, 0.6) is 0 Å². The zero-order valence-corrected chi connectivity index (χ0v) is 23.6. The number of nitrogens with zero attached hydrogens (tertiary/aromatic N) is 6. The van der Waals surface area contributed by atoms with Gasteiger partial charge in [-0.2, -0.15) is 0 Å². The lowest BCUT2D eigenvalue weighted by Crippen LogP contribution is -2.50. The molecule has 0 bridgehead atoms. The second-order valence-corrected chi connectivity index (χ2v) is 10.5. The van der Waals surface area contributed by atoms with Crippen LogP contribution in [0.25, 0.3) is 22.5 Å². The lowest BCUT2D eigenvalue weighted by molar-refractivity contribution is -0.137. The number of carbonyl (C=O) groups excluding carboxylic acids is 2. The zero-order chi connectivity index (χ0) is 28.9. The van der Waals surface area contributed by atoms with E-state index in [0.717, 1.165) is 72.8 Å². The second-order valence-electron chi connectivity index (χ2n) is 10.5. The quantitative estimate of drug-likeness (QED) is 0.459. The number of nitrogens with one attached hydrogen (secondary N) is 2. The summed E-state index contributed by atoms with van der Waals surface area (Å²) in [6.07, 6.45) is 5.55.